The first kappa shape index (κ1) is 22.0. The van der Waals surface area contributed by atoms with E-state index in [-0.39, 0.29) is 10.5 Å². The Bertz CT molecular complexity index is 1110. The van der Waals surface area contributed by atoms with Gasteiger partial charge in [0.2, 0.25) is 0 Å². The summed E-state index contributed by atoms with van der Waals surface area (Å²) in [6, 6.07) is 14.9. The predicted molar refractivity (Wildman–Crippen MR) is 112 cm³/mol. The minimum absolute atomic E-state index is 0.275. The first-order valence-electron chi connectivity index (χ1n) is 8.42. The lowest BCUT2D eigenvalue weighted by Gasteiger charge is -2.21. The molecule has 0 bridgehead atoms. The third-order valence-corrected chi connectivity index (χ3v) is 7.30. The van der Waals surface area contributed by atoms with Crippen LogP contribution in [0.2, 0.25) is 0 Å². The van der Waals surface area contributed by atoms with Crippen LogP contribution in [0, 0.1) is 6.92 Å². The lowest BCUT2D eigenvalue weighted by Crippen LogP contribution is -2.26. The lowest BCUT2D eigenvalue weighted by molar-refractivity contribution is -0.196. The molecule has 29 heavy (non-hydrogen) atoms. The van der Waals surface area contributed by atoms with Crippen molar-refractivity contribution in [3.63, 3.8) is 0 Å². The molecule has 154 valence electrons. The van der Waals surface area contributed by atoms with Crippen LogP contribution in [0.4, 0.5) is 13.2 Å². The van der Waals surface area contributed by atoms with Crippen molar-refractivity contribution < 1.29 is 25.8 Å². The Hall–Kier alpha value is -1.68. The van der Waals surface area contributed by atoms with Crippen molar-refractivity contribution in [1.82, 2.24) is 0 Å². The van der Waals surface area contributed by atoms with Gasteiger partial charge >= 0.3 is 6.18 Å². The molecule has 3 aromatic rings. The Morgan fingerprint density at radius 2 is 1.55 bits per heavy atom. The average Bonchev–Trinajstić information content (AvgIpc) is 2.66. The molecule has 0 fully saturated rings. The molecule has 0 amide bonds. The molecule has 0 aromatic heterocycles. The SMILES string of the molecule is CSSc1ccc(C(OS(=O)(=O)c2cccc3c(C)cccc23)C(F)(F)F)cc1. The minimum atomic E-state index is -4.90. The normalized spacial score (nSPS) is 13.6. The van der Waals surface area contributed by atoms with E-state index in [4.69, 9.17) is 4.18 Å². The highest BCUT2D eigenvalue weighted by molar-refractivity contribution is 8.76. The van der Waals surface area contributed by atoms with Crippen molar-refractivity contribution in [2.75, 3.05) is 6.26 Å². The van der Waals surface area contributed by atoms with E-state index in [0.29, 0.717) is 10.8 Å². The Labute approximate surface area is 175 Å². The van der Waals surface area contributed by atoms with Gasteiger partial charge in [-0.1, -0.05) is 64.1 Å². The molecule has 3 rings (SSSR count). The van der Waals surface area contributed by atoms with E-state index in [2.05, 4.69) is 0 Å². The lowest BCUT2D eigenvalue weighted by atomic mass is 10.1. The fourth-order valence-corrected chi connectivity index (χ4v) is 5.55. The van der Waals surface area contributed by atoms with Crippen LogP contribution in [0.3, 0.4) is 0 Å². The van der Waals surface area contributed by atoms with Gasteiger partial charge < -0.3 is 0 Å². The van der Waals surface area contributed by atoms with Crippen LogP contribution in [0.1, 0.15) is 17.2 Å². The van der Waals surface area contributed by atoms with Gasteiger partial charge in [0, 0.05) is 10.3 Å². The monoisotopic (exact) mass is 458 g/mol. The summed E-state index contributed by atoms with van der Waals surface area (Å²) in [4.78, 5) is 0.470. The van der Waals surface area contributed by atoms with E-state index in [1.54, 1.807) is 31.2 Å². The summed E-state index contributed by atoms with van der Waals surface area (Å²) in [5.74, 6) is 0. The van der Waals surface area contributed by atoms with E-state index in [0.717, 1.165) is 10.5 Å². The van der Waals surface area contributed by atoms with Crippen LogP contribution >= 0.6 is 21.6 Å². The van der Waals surface area contributed by atoms with E-state index in [9.17, 15) is 21.6 Å². The fourth-order valence-electron chi connectivity index (χ4n) is 2.93. The molecule has 0 spiro atoms. The van der Waals surface area contributed by atoms with Gasteiger partial charge in [-0.05, 0) is 47.9 Å². The summed E-state index contributed by atoms with van der Waals surface area (Å²) >= 11 is 0. The molecule has 0 saturated heterocycles. The summed E-state index contributed by atoms with van der Waals surface area (Å²) in [6.07, 6.45) is -5.65. The molecule has 0 saturated carbocycles. The standard InChI is InChI=1S/C20H17F3O3S3/c1-13-5-3-7-17-16(13)6-4-8-18(17)29(24,25)26-19(20(21,22)23)14-9-11-15(12-10-14)28-27-2/h3-12,19H,1-2H3. The maximum Gasteiger partial charge on any atom is 0.420 e. The topological polar surface area (TPSA) is 43.4 Å². The second-order valence-corrected chi connectivity index (χ2v) is 10.2. The molecule has 1 unspecified atom stereocenters. The van der Waals surface area contributed by atoms with E-state index < -0.39 is 22.4 Å². The van der Waals surface area contributed by atoms with Crippen LogP contribution in [0.25, 0.3) is 10.8 Å². The van der Waals surface area contributed by atoms with Crippen LogP contribution in [0.5, 0.6) is 0 Å². The highest BCUT2D eigenvalue weighted by atomic mass is 33.1. The zero-order valence-corrected chi connectivity index (χ0v) is 17.9. The third-order valence-electron chi connectivity index (χ3n) is 4.25. The van der Waals surface area contributed by atoms with Crippen molar-refractivity contribution in [2.24, 2.45) is 0 Å². The largest absolute Gasteiger partial charge is 0.420 e. The van der Waals surface area contributed by atoms with Crippen molar-refractivity contribution >= 4 is 42.5 Å². The second kappa shape index (κ2) is 8.59. The van der Waals surface area contributed by atoms with Gasteiger partial charge in [0.25, 0.3) is 10.1 Å². The molecule has 0 aliphatic heterocycles. The average molecular weight is 459 g/mol. The quantitative estimate of drug-likeness (QED) is 0.310. The number of alkyl halides is 3. The van der Waals surface area contributed by atoms with Crippen molar-refractivity contribution in [3.8, 4) is 0 Å². The molecule has 9 heteroatoms. The second-order valence-electron chi connectivity index (χ2n) is 6.22. The number of hydrogen-bond acceptors (Lipinski definition) is 5. The van der Waals surface area contributed by atoms with Crippen LogP contribution < -0.4 is 0 Å². The van der Waals surface area contributed by atoms with Gasteiger partial charge in [0.05, 0.1) is 0 Å². The van der Waals surface area contributed by atoms with Crippen molar-refractivity contribution in [2.45, 2.75) is 29.0 Å². The van der Waals surface area contributed by atoms with E-state index >= 15 is 0 Å². The molecule has 3 aromatic carbocycles. The molecule has 1 atom stereocenters. The number of rotatable bonds is 6. The summed E-state index contributed by atoms with van der Waals surface area (Å²) in [6.45, 7) is 1.80. The van der Waals surface area contributed by atoms with Gasteiger partial charge in [-0.15, -0.1) is 0 Å². The molecule has 0 N–H and O–H groups in total. The first-order chi connectivity index (χ1) is 13.6. The molecule has 0 aliphatic rings. The smallest absolute Gasteiger partial charge is 0.248 e. The number of hydrogen-bond donors (Lipinski definition) is 0. The Kier molecular flexibility index (Phi) is 6.52. The van der Waals surface area contributed by atoms with E-state index in [1.807, 2.05) is 6.26 Å². The molecule has 0 aliphatic carbocycles. The van der Waals surface area contributed by atoms with Crippen molar-refractivity contribution in [3.05, 3.63) is 71.8 Å². The van der Waals surface area contributed by atoms with Crippen molar-refractivity contribution in [1.29, 1.82) is 0 Å². The summed E-state index contributed by atoms with van der Waals surface area (Å²) in [5, 5.41) is 0.958. The predicted octanol–water partition coefficient (Wildman–Crippen LogP) is 6.53. The number of halogens is 3. The highest BCUT2D eigenvalue weighted by Crippen LogP contribution is 2.40. The van der Waals surface area contributed by atoms with Gasteiger partial charge in [-0.2, -0.15) is 21.6 Å². The zero-order chi connectivity index (χ0) is 21.2. The maximum absolute atomic E-state index is 13.7. The van der Waals surface area contributed by atoms with Crippen LogP contribution in [-0.2, 0) is 14.3 Å². The minimum Gasteiger partial charge on any atom is -0.248 e. The Balaban J connectivity index is 2.03. The third kappa shape index (κ3) is 4.91. The van der Waals surface area contributed by atoms with Gasteiger partial charge in [0.15, 0.2) is 6.10 Å². The summed E-state index contributed by atoms with van der Waals surface area (Å²) in [7, 11) is -1.84. The van der Waals surface area contributed by atoms with E-state index in [1.165, 1.54) is 58.0 Å². The molecule has 0 heterocycles. The molecular weight excluding hydrogens is 441 g/mol. The number of aryl methyl sites for hydroxylation is 1. The van der Waals surface area contributed by atoms with Crippen LogP contribution in [0.15, 0.2) is 70.5 Å². The van der Waals surface area contributed by atoms with Gasteiger partial charge in [-0.3, -0.25) is 0 Å². The van der Waals surface area contributed by atoms with Crippen LogP contribution in [-0.4, -0.2) is 20.8 Å². The highest BCUT2D eigenvalue weighted by Gasteiger charge is 2.45. The summed E-state index contributed by atoms with van der Waals surface area (Å²) < 4.78 is 71.5. The molecular formula is C20H17F3O3S3. The fraction of sp³-hybridized carbons (Fsp3) is 0.200. The summed E-state index contributed by atoms with van der Waals surface area (Å²) in [5.41, 5.74) is 0.539. The zero-order valence-electron chi connectivity index (χ0n) is 15.4. The molecule has 0 radical (unpaired) electrons. The number of benzene rings is 3. The van der Waals surface area contributed by atoms with Gasteiger partial charge in [-0.25, -0.2) is 4.18 Å². The van der Waals surface area contributed by atoms with Gasteiger partial charge in [0.1, 0.15) is 4.90 Å². The maximum atomic E-state index is 13.7. The first-order valence-corrected chi connectivity index (χ1v) is 12.4. The molecule has 3 nitrogen and oxygen atoms in total. The number of fused-ring (bicyclic) bond motifs is 1. The Morgan fingerprint density at radius 1 is 0.931 bits per heavy atom. The Morgan fingerprint density at radius 3 is 2.17 bits per heavy atom.